The molecule has 0 aliphatic carbocycles. The first-order valence-corrected chi connectivity index (χ1v) is 7.16. The molecule has 0 amide bonds. The Morgan fingerprint density at radius 3 is 2.89 bits per heavy atom. The third kappa shape index (κ3) is 3.08. The van der Waals surface area contributed by atoms with Crippen LogP contribution in [0, 0.1) is 6.92 Å². The molecule has 0 radical (unpaired) electrons. The summed E-state index contributed by atoms with van der Waals surface area (Å²) in [5.74, 6) is -0.357. The van der Waals surface area contributed by atoms with E-state index in [0.29, 0.717) is 18.4 Å². The average Bonchev–Trinajstić information content (AvgIpc) is 2.76. The number of aromatic nitrogens is 1. The van der Waals surface area contributed by atoms with Crippen molar-refractivity contribution in [2.45, 2.75) is 32.1 Å². The van der Waals surface area contributed by atoms with Crippen molar-refractivity contribution in [3.8, 4) is 0 Å². The Balaban J connectivity index is 1.69. The first-order chi connectivity index (χ1) is 9.15. The molecule has 0 aromatic carbocycles. The number of ether oxygens (including phenoxy) is 2. The summed E-state index contributed by atoms with van der Waals surface area (Å²) in [6.45, 7) is 6.19. The maximum Gasteiger partial charge on any atom is 0.181 e. The van der Waals surface area contributed by atoms with E-state index in [9.17, 15) is 0 Å². The fraction of sp³-hybridized carbons (Fsp3) is 0.643. The van der Waals surface area contributed by atoms with E-state index in [0.717, 1.165) is 38.2 Å². The Bertz CT molecular complexity index is 441. The molecule has 2 saturated heterocycles. The molecule has 1 spiro atoms. The van der Waals surface area contributed by atoms with Crippen molar-refractivity contribution in [2.75, 3.05) is 26.3 Å². The number of rotatable bonds is 2. The zero-order valence-electron chi connectivity index (χ0n) is 11.2. The molecule has 19 heavy (non-hydrogen) atoms. The highest BCUT2D eigenvalue weighted by atomic mass is 35.5. The largest absolute Gasteiger partial charge is 0.346 e. The molecule has 0 N–H and O–H groups in total. The summed E-state index contributed by atoms with van der Waals surface area (Å²) in [6, 6.07) is 4.02. The van der Waals surface area contributed by atoms with E-state index in [1.807, 2.05) is 13.0 Å². The molecule has 2 aliphatic heterocycles. The quantitative estimate of drug-likeness (QED) is 0.780. The summed E-state index contributed by atoms with van der Waals surface area (Å²) in [5, 5.41) is 0.565. The van der Waals surface area contributed by atoms with Gasteiger partial charge in [0.15, 0.2) is 5.79 Å². The van der Waals surface area contributed by atoms with E-state index < -0.39 is 0 Å². The minimum Gasteiger partial charge on any atom is -0.346 e. The van der Waals surface area contributed by atoms with Crippen LogP contribution in [-0.4, -0.2) is 42.0 Å². The Hall–Kier alpha value is -0.680. The SMILES string of the molecule is Cc1cc(CN2CCCC3(C2)OCCO3)cc(Cl)n1. The maximum absolute atomic E-state index is 6.01. The molecule has 104 valence electrons. The molecule has 0 saturated carbocycles. The Morgan fingerprint density at radius 2 is 2.16 bits per heavy atom. The fourth-order valence-electron chi connectivity index (χ4n) is 2.98. The maximum atomic E-state index is 6.01. The highest BCUT2D eigenvalue weighted by molar-refractivity contribution is 6.29. The molecule has 2 fully saturated rings. The normalized spacial score (nSPS) is 23.1. The van der Waals surface area contributed by atoms with Crippen molar-refractivity contribution in [1.82, 2.24) is 9.88 Å². The molecule has 0 bridgehead atoms. The van der Waals surface area contributed by atoms with Crippen LogP contribution in [0.2, 0.25) is 5.15 Å². The number of pyridine rings is 1. The summed E-state index contributed by atoms with van der Waals surface area (Å²) in [4.78, 5) is 6.57. The summed E-state index contributed by atoms with van der Waals surface area (Å²) in [6.07, 6.45) is 2.11. The molecular formula is C14H19ClN2O2. The summed E-state index contributed by atoms with van der Waals surface area (Å²) >= 11 is 6.01. The van der Waals surface area contributed by atoms with Gasteiger partial charge in [0.05, 0.1) is 19.8 Å². The lowest BCUT2D eigenvalue weighted by atomic mass is 10.0. The Labute approximate surface area is 118 Å². The van der Waals surface area contributed by atoms with Gasteiger partial charge in [0, 0.05) is 18.7 Å². The lowest BCUT2D eigenvalue weighted by molar-refractivity contribution is -0.190. The lowest BCUT2D eigenvalue weighted by Crippen LogP contribution is -2.48. The summed E-state index contributed by atoms with van der Waals surface area (Å²) in [5.41, 5.74) is 2.16. The van der Waals surface area contributed by atoms with Gasteiger partial charge in [-0.15, -0.1) is 0 Å². The van der Waals surface area contributed by atoms with Crippen LogP contribution in [0.15, 0.2) is 12.1 Å². The first-order valence-electron chi connectivity index (χ1n) is 6.79. The van der Waals surface area contributed by atoms with E-state index in [4.69, 9.17) is 21.1 Å². The number of nitrogens with zero attached hydrogens (tertiary/aromatic N) is 2. The molecule has 3 rings (SSSR count). The molecule has 0 unspecified atom stereocenters. The van der Waals surface area contributed by atoms with E-state index in [1.54, 1.807) is 0 Å². The van der Waals surface area contributed by atoms with Crippen molar-refractivity contribution in [1.29, 1.82) is 0 Å². The predicted octanol–water partition coefficient (Wildman–Crippen LogP) is 2.38. The van der Waals surface area contributed by atoms with Crippen molar-refractivity contribution in [3.05, 3.63) is 28.5 Å². The van der Waals surface area contributed by atoms with Gasteiger partial charge in [-0.05, 0) is 37.6 Å². The minimum atomic E-state index is -0.357. The molecule has 2 aliphatic rings. The van der Waals surface area contributed by atoms with Crippen molar-refractivity contribution in [3.63, 3.8) is 0 Å². The average molecular weight is 283 g/mol. The van der Waals surface area contributed by atoms with E-state index in [-0.39, 0.29) is 5.79 Å². The topological polar surface area (TPSA) is 34.6 Å². The van der Waals surface area contributed by atoms with Crippen molar-refractivity contribution >= 4 is 11.6 Å². The Kier molecular flexibility index (Phi) is 3.76. The highest BCUT2D eigenvalue weighted by Gasteiger charge is 2.40. The third-order valence-corrected chi connectivity index (χ3v) is 3.89. The number of piperidine rings is 1. The van der Waals surface area contributed by atoms with Gasteiger partial charge in [-0.2, -0.15) is 0 Å². The summed E-state index contributed by atoms with van der Waals surface area (Å²) < 4.78 is 11.6. The first kappa shape index (κ1) is 13.3. The zero-order valence-corrected chi connectivity index (χ0v) is 11.9. The van der Waals surface area contributed by atoms with E-state index in [1.165, 1.54) is 5.56 Å². The number of halogens is 1. The molecule has 5 heteroatoms. The van der Waals surface area contributed by atoms with Crippen LogP contribution in [-0.2, 0) is 16.0 Å². The van der Waals surface area contributed by atoms with Gasteiger partial charge >= 0.3 is 0 Å². The third-order valence-electron chi connectivity index (χ3n) is 3.70. The number of hydrogen-bond donors (Lipinski definition) is 0. The standard InChI is InChI=1S/C14H19ClN2O2/c1-11-7-12(8-13(15)16-11)9-17-4-2-3-14(10-17)18-5-6-19-14/h7-8H,2-6,9-10H2,1H3. The van der Waals surface area contributed by atoms with E-state index >= 15 is 0 Å². The van der Waals surface area contributed by atoms with Gasteiger partial charge < -0.3 is 9.47 Å². The number of aryl methyl sites for hydroxylation is 1. The van der Waals surface area contributed by atoms with Crippen LogP contribution in [0.1, 0.15) is 24.1 Å². The van der Waals surface area contributed by atoms with Gasteiger partial charge in [0.1, 0.15) is 5.15 Å². The molecule has 3 heterocycles. The monoisotopic (exact) mass is 282 g/mol. The van der Waals surface area contributed by atoms with E-state index in [2.05, 4.69) is 16.0 Å². The fourth-order valence-corrected chi connectivity index (χ4v) is 3.26. The van der Waals surface area contributed by atoms with Crippen LogP contribution in [0.5, 0.6) is 0 Å². The summed E-state index contributed by atoms with van der Waals surface area (Å²) in [7, 11) is 0. The zero-order chi connectivity index (χ0) is 13.3. The van der Waals surface area contributed by atoms with Crippen molar-refractivity contribution < 1.29 is 9.47 Å². The molecule has 1 aromatic rings. The lowest BCUT2D eigenvalue weighted by Gasteiger charge is -2.38. The van der Waals surface area contributed by atoms with Crippen LogP contribution in [0.3, 0.4) is 0 Å². The van der Waals surface area contributed by atoms with Crippen LogP contribution < -0.4 is 0 Å². The number of likely N-dealkylation sites (tertiary alicyclic amines) is 1. The highest BCUT2D eigenvalue weighted by Crippen LogP contribution is 2.30. The van der Waals surface area contributed by atoms with Crippen LogP contribution in [0.4, 0.5) is 0 Å². The molecular weight excluding hydrogens is 264 g/mol. The second-order valence-electron chi connectivity index (χ2n) is 5.36. The van der Waals surface area contributed by atoms with Crippen molar-refractivity contribution in [2.24, 2.45) is 0 Å². The Morgan fingerprint density at radius 1 is 1.37 bits per heavy atom. The molecule has 4 nitrogen and oxygen atoms in total. The molecule has 1 aromatic heterocycles. The van der Waals surface area contributed by atoms with Crippen LogP contribution in [0.25, 0.3) is 0 Å². The second kappa shape index (κ2) is 5.37. The minimum absolute atomic E-state index is 0.357. The van der Waals surface area contributed by atoms with Gasteiger partial charge in [0.25, 0.3) is 0 Å². The van der Waals surface area contributed by atoms with Gasteiger partial charge in [0.2, 0.25) is 0 Å². The van der Waals surface area contributed by atoms with Gasteiger partial charge in [-0.25, -0.2) is 4.98 Å². The predicted molar refractivity (Wildman–Crippen MR) is 73.1 cm³/mol. The number of hydrogen-bond acceptors (Lipinski definition) is 4. The second-order valence-corrected chi connectivity index (χ2v) is 5.75. The smallest absolute Gasteiger partial charge is 0.181 e. The van der Waals surface area contributed by atoms with Gasteiger partial charge in [-0.1, -0.05) is 11.6 Å². The van der Waals surface area contributed by atoms with Gasteiger partial charge in [-0.3, -0.25) is 4.90 Å². The molecule has 0 atom stereocenters. The van der Waals surface area contributed by atoms with Crippen LogP contribution >= 0.6 is 11.6 Å².